The van der Waals surface area contributed by atoms with Gasteiger partial charge in [0, 0.05) is 11.1 Å². The minimum Gasteiger partial charge on any atom is -0.497 e. The lowest BCUT2D eigenvalue weighted by Crippen LogP contribution is -2.21. The standard InChI is InChI=1S/C24H24N4O5/c1-5-32-18-8-6-13(10-19(18)31-4)22-21-20(15-11-14(29-2)7-9-17(15)30-3)16(12-25)23(26)33-24(21)28-27-22/h6-11,20H,5,26H2,1-4H3,(H,27,28). The molecular weight excluding hydrogens is 424 g/mol. The summed E-state index contributed by atoms with van der Waals surface area (Å²) >= 11 is 0. The molecule has 3 N–H and O–H groups in total. The maximum Gasteiger partial charge on any atom is 0.244 e. The molecule has 2 heterocycles. The SMILES string of the molecule is CCOc1ccc(-c2[nH]nc3c2C(c2cc(OC)ccc2OC)C(C#N)=C(N)O3)cc1OC. The summed E-state index contributed by atoms with van der Waals surface area (Å²) in [7, 11) is 4.72. The topological polar surface area (TPSA) is 125 Å². The number of methoxy groups -OCH3 is 3. The van der Waals surface area contributed by atoms with Crippen molar-refractivity contribution in [3.05, 3.63) is 59.0 Å². The highest BCUT2D eigenvalue weighted by atomic mass is 16.5. The first-order valence-electron chi connectivity index (χ1n) is 10.2. The van der Waals surface area contributed by atoms with E-state index in [2.05, 4.69) is 16.3 Å². The molecule has 1 unspecified atom stereocenters. The van der Waals surface area contributed by atoms with Gasteiger partial charge >= 0.3 is 0 Å². The zero-order chi connectivity index (χ0) is 23.5. The van der Waals surface area contributed by atoms with E-state index in [-0.39, 0.29) is 17.3 Å². The number of H-pyrrole nitrogens is 1. The van der Waals surface area contributed by atoms with Crippen molar-refractivity contribution in [2.75, 3.05) is 27.9 Å². The summed E-state index contributed by atoms with van der Waals surface area (Å²) in [5.74, 6) is 2.05. The highest BCUT2D eigenvalue weighted by Crippen LogP contribution is 2.49. The lowest BCUT2D eigenvalue weighted by molar-refractivity contribution is 0.311. The first-order valence-corrected chi connectivity index (χ1v) is 10.2. The largest absolute Gasteiger partial charge is 0.497 e. The van der Waals surface area contributed by atoms with Gasteiger partial charge < -0.3 is 29.4 Å². The number of aromatic amines is 1. The van der Waals surface area contributed by atoms with Crippen LogP contribution < -0.4 is 29.4 Å². The number of hydrogen-bond acceptors (Lipinski definition) is 8. The summed E-state index contributed by atoms with van der Waals surface area (Å²) in [6.45, 7) is 2.42. The lowest BCUT2D eigenvalue weighted by Gasteiger charge is -2.25. The van der Waals surface area contributed by atoms with Crippen molar-refractivity contribution in [2.24, 2.45) is 5.73 Å². The number of fused-ring (bicyclic) bond motifs is 1. The highest BCUT2D eigenvalue weighted by Gasteiger charge is 2.37. The van der Waals surface area contributed by atoms with E-state index >= 15 is 0 Å². The molecule has 9 nitrogen and oxygen atoms in total. The Labute approximate surface area is 191 Å². The zero-order valence-corrected chi connectivity index (χ0v) is 18.8. The fraction of sp³-hybridized carbons (Fsp3) is 0.250. The van der Waals surface area contributed by atoms with Gasteiger partial charge in [-0.2, -0.15) is 5.26 Å². The Morgan fingerprint density at radius 1 is 1.06 bits per heavy atom. The van der Waals surface area contributed by atoms with Crippen LogP contribution in [0.5, 0.6) is 28.9 Å². The van der Waals surface area contributed by atoms with Crippen molar-refractivity contribution >= 4 is 0 Å². The van der Waals surface area contributed by atoms with E-state index in [1.165, 1.54) is 0 Å². The smallest absolute Gasteiger partial charge is 0.244 e. The number of aromatic nitrogens is 2. The van der Waals surface area contributed by atoms with Gasteiger partial charge in [-0.05, 0) is 43.3 Å². The Morgan fingerprint density at radius 3 is 2.48 bits per heavy atom. The van der Waals surface area contributed by atoms with E-state index in [9.17, 15) is 5.26 Å². The van der Waals surface area contributed by atoms with E-state index in [0.29, 0.717) is 46.4 Å². The van der Waals surface area contributed by atoms with Gasteiger partial charge in [-0.3, -0.25) is 5.10 Å². The molecule has 1 atom stereocenters. The summed E-state index contributed by atoms with van der Waals surface area (Å²) in [5.41, 5.74) is 9.13. The second-order valence-corrected chi connectivity index (χ2v) is 7.15. The number of nitrogens with zero attached hydrogens (tertiary/aromatic N) is 2. The number of benzene rings is 2. The molecule has 0 fully saturated rings. The molecule has 0 radical (unpaired) electrons. The molecule has 3 aromatic rings. The van der Waals surface area contributed by atoms with Crippen molar-refractivity contribution in [3.63, 3.8) is 0 Å². The molecule has 170 valence electrons. The maximum atomic E-state index is 9.98. The van der Waals surface area contributed by atoms with Crippen molar-refractivity contribution < 1.29 is 23.7 Å². The summed E-state index contributed by atoms with van der Waals surface area (Å²) in [5, 5.41) is 17.3. The number of allylic oxidation sites excluding steroid dienone is 1. The lowest BCUT2D eigenvalue weighted by atomic mass is 9.82. The van der Waals surface area contributed by atoms with Crippen molar-refractivity contribution in [2.45, 2.75) is 12.8 Å². The van der Waals surface area contributed by atoms with Crippen LogP contribution in [0.25, 0.3) is 11.3 Å². The van der Waals surface area contributed by atoms with Crippen LogP contribution in [0.3, 0.4) is 0 Å². The van der Waals surface area contributed by atoms with Crippen molar-refractivity contribution in [3.8, 4) is 46.2 Å². The second kappa shape index (κ2) is 9.04. The molecule has 0 saturated carbocycles. The van der Waals surface area contributed by atoms with Crippen LogP contribution in [0.1, 0.15) is 24.0 Å². The van der Waals surface area contributed by atoms with E-state index in [4.69, 9.17) is 29.4 Å². The Hall–Kier alpha value is -4.32. The maximum absolute atomic E-state index is 9.98. The second-order valence-electron chi connectivity index (χ2n) is 7.15. The predicted molar refractivity (Wildman–Crippen MR) is 121 cm³/mol. The van der Waals surface area contributed by atoms with Crippen molar-refractivity contribution in [1.82, 2.24) is 10.2 Å². The first kappa shape index (κ1) is 21.9. The number of hydrogen-bond donors (Lipinski definition) is 2. The average molecular weight is 448 g/mol. The third kappa shape index (κ3) is 3.76. The number of nitriles is 1. The van der Waals surface area contributed by atoms with Crippen LogP contribution in [0.4, 0.5) is 0 Å². The van der Waals surface area contributed by atoms with Gasteiger partial charge in [0.05, 0.1) is 45.1 Å². The van der Waals surface area contributed by atoms with Gasteiger partial charge in [0.25, 0.3) is 0 Å². The monoisotopic (exact) mass is 448 g/mol. The molecule has 4 rings (SSSR count). The van der Waals surface area contributed by atoms with Crippen molar-refractivity contribution in [1.29, 1.82) is 5.26 Å². The molecule has 33 heavy (non-hydrogen) atoms. The molecule has 1 aliphatic rings. The highest BCUT2D eigenvalue weighted by molar-refractivity contribution is 5.73. The number of rotatable bonds is 7. The van der Waals surface area contributed by atoms with Crippen LogP contribution in [0.2, 0.25) is 0 Å². The summed E-state index contributed by atoms with van der Waals surface area (Å²) in [6.07, 6.45) is 0. The van der Waals surface area contributed by atoms with E-state index in [0.717, 1.165) is 5.56 Å². The summed E-state index contributed by atoms with van der Waals surface area (Å²) < 4.78 is 27.9. The third-order valence-electron chi connectivity index (χ3n) is 5.44. The number of nitrogens with one attached hydrogen (secondary N) is 1. The van der Waals surface area contributed by atoms with E-state index in [1.807, 2.05) is 31.2 Å². The molecule has 0 amide bonds. The predicted octanol–water partition coefficient (Wildman–Crippen LogP) is 3.72. The van der Waals surface area contributed by atoms with Gasteiger partial charge in [0.2, 0.25) is 11.8 Å². The molecule has 0 aliphatic carbocycles. The Bertz CT molecular complexity index is 1260. The summed E-state index contributed by atoms with van der Waals surface area (Å²) in [4.78, 5) is 0. The number of nitrogens with two attached hydrogens (primary N) is 1. The molecule has 2 aromatic carbocycles. The molecule has 1 aromatic heterocycles. The van der Waals surface area contributed by atoms with Gasteiger partial charge in [0.15, 0.2) is 11.5 Å². The van der Waals surface area contributed by atoms with Gasteiger partial charge in [-0.1, -0.05) is 0 Å². The minimum atomic E-state index is -0.602. The number of ether oxygens (including phenoxy) is 5. The average Bonchev–Trinajstić information content (AvgIpc) is 3.26. The first-order chi connectivity index (χ1) is 16.1. The van der Waals surface area contributed by atoms with Crippen LogP contribution in [0.15, 0.2) is 47.9 Å². The van der Waals surface area contributed by atoms with Gasteiger partial charge in [-0.15, -0.1) is 5.10 Å². The molecule has 1 aliphatic heterocycles. The molecular formula is C24H24N4O5. The third-order valence-corrected chi connectivity index (χ3v) is 5.44. The molecule has 0 bridgehead atoms. The molecule has 9 heteroatoms. The normalized spacial score (nSPS) is 14.7. The van der Waals surface area contributed by atoms with Gasteiger partial charge in [-0.25, -0.2) is 0 Å². The minimum absolute atomic E-state index is 0.0119. The van der Waals surface area contributed by atoms with E-state index in [1.54, 1.807) is 33.5 Å². The summed E-state index contributed by atoms with van der Waals surface area (Å²) in [6, 6.07) is 13.1. The quantitative estimate of drug-likeness (QED) is 0.560. The fourth-order valence-corrected chi connectivity index (χ4v) is 3.94. The molecule has 0 spiro atoms. The van der Waals surface area contributed by atoms with Gasteiger partial charge in [0.1, 0.15) is 23.1 Å². The van der Waals surface area contributed by atoms with Crippen LogP contribution in [0, 0.1) is 11.3 Å². The van der Waals surface area contributed by atoms with Crippen LogP contribution in [-0.4, -0.2) is 38.1 Å². The van der Waals surface area contributed by atoms with Crippen LogP contribution in [-0.2, 0) is 0 Å². The van der Waals surface area contributed by atoms with Crippen LogP contribution >= 0.6 is 0 Å². The zero-order valence-electron chi connectivity index (χ0n) is 18.8. The molecule has 0 saturated heterocycles. The fourth-order valence-electron chi connectivity index (χ4n) is 3.94. The van der Waals surface area contributed by atoms with E-state index < -0.39 is 5.92 Å². The Morgan fingerprint density at radius 2 is 1.82 bits per heavy atom. The Kier molecular flexibility index (Phi) is 6.00. The Balaban J connectivity index is 1.94.